The van der Waals surface area contributed by atoms with Crippen LogP contribution >= 0.6 is 11.6 Å². The predicted molar refractivity (Wildman–Crippen MR) is 87.5 cm³/mol. The van der Waals surface area contributed by atoms with Crippen molar-refractivity contribution in [3.8, 4) is 5.69 Å². The Kier molecular flexibility index (Phi) is 3.42. The van der Waals surface area contributed by atoms with Gasteiger partial charge in [-0.3, -0.25) is 0 Å². The van der Waals surface area contributed by atoms with Crippen LogP contribution in [0.25, 0.3) is 16.7 Å². The maximum atomic E-state index is 6.27. The lowest BCUT2D eigenvalue weighted by atomic mass is 10.2. The zero-order valence-corrected chi connectivity index (χ0v) is 12.8. The van der Waals surface area contributed by atoms with Gasteiger partial charge in [0, 0.05) is 6.04 Å². The molecule has 4 rings (SSSR count). The molecule has 1 aromatic carbocycles. The molecule has 1 saturated carbocycles. The summed E-state index contributed by atoms with van der Waals surface area (Å²) in [5.41, 5.74) is 1.59. The Morgan fingerprint density at radius 2 is 1.95 bits per heavy atom. The monoisotopic (exact) mass is 313 g/mol. The number of rotatable bonds is 3. The second kappa shape index (κ2) is 5.57. The highest BCUT2D eigenvalue weighted by Gasteiger charge is 2.18. The van der Waals surface area contributed by atoms with E-state index in [-0.39, 0.29) is 0 Å². The number of anilines is 1. The van der Waals surface area contributed by atoms with Crippen LogP contribution in [0.2, 0.25) is 5.02 Å². The van der Waals surface area contributed by atoms with Crippen molar-refractivity contribution >= 4 is 28.5 Å². The average molecular weight is 314 g/mol. The maximum absolute atomic E-state index is 6.27. The van der Waals surface area contributed by atoms with Crippen molar-refractivity contribution < 1.29 is 0 Å². The van der Waals surface area contributed by atoms with Gasteiger partial charge in [-0.05, 0) is 25.0 Å². The van der Waals surface area contributed by atoms with Crippen LogP contribution in [0.4, 0.5) is 5.82 Å². The molecule has 1 N–H and O–H groups in total. The largest absolute Gasteiger partial charge is 0.367 e. The number of benzene rings is 1. The summed E-state index contributed by atoms with van der Waals surface area (Å²) in [4.78, 5) is 8.78. The second-order valence-corrected chi connectivity index (χ2v) is 6.00. The Morgan fingerprint density at radius 3 is 2.77 bits per heavy atom. The summed E-state index contributed by atoms with van der Waals surface area (Å²) in [6.45, 7) is 0. The quantitative estimate of drug-likeness (QED) is 0.798. The Labute approximate surface area is 133 Å². The molecule has 2 aromatic heterocycles. The van der Waals surface area contributed by atoms with E-state index in [1.807, 2.05) is 24.3 Å². The highest BCUT2D eigenvalue weighted by atomic mass is 35.5. The minimum atomic E-state index is 0.502. The molecule has 112 valence electrons. The SMILES string of the molecule is Clc1ccccc1-n1ncc2c(NC3CCCC3)ncnc21. The van der Waals surface area contributed by atoms with Gasteiger partial charge in [0.1, 0.15) is 12.1 Å². The molecule has 1 aliphatic carbocycles. The third-order valence-corrected chi connectivity index (χ3v) is 4.46. The number of nitrogens with one attached hydrogen (secondary N) is 1. The molecule has 3 aromatic rings. The average Bonchev–Trinajstić information content (AvgIpc) is 3.18. The van der Waals surface area contributed by atoms with Crippen LogP contribution in [0.5, 0.6) is 0 Å². The molecule has 0 saturated heterocycles. The Hall–Kier alpha value is -2.14. The van der Waals surface area contributed by atoms with Crippen LogP contribution in [0.1, 0.15) is 25.7 Å². The molecule has 0 atom stereocenters. The summed E-state index contributed by atoms with van der Waals surface area (Å²) < 4.78 is 1.76. The highest BCUT2D eigenvalue weighted by Crippen LogP contribution is 2.28. The molecular weight excluding hydrogens is 298 g/mol. The fraction of sp³-hybridized carbons (Fsp3) is 0.312. The summed E-state index contributed by atoms with van der Waals surface area (Å²) in [5.74, 6) is 0.857. The van der Waals surface area contributed by atoms with Gasteiger partial charge in [0.05, 0.1) is 22.3 Å². The summed E-state index contributed by atoms with van der Waals surface area (Å²) in [5, 5.41) is 9.55. The molecule has 2 heterocycles. The van der Waals surface area contributed by atoms with Crippen molar-refractivity contribution in [2.75, 3.05) is 5.32 Å². The molecule has 5 nitrogen and oxygen atoms in total. The smallest absolute Gasteiger partial charge is 0.168 e. The summed E-state index contributed by atoms with van der Waals surface area (Å²) >= 11 is 6.27. The van der Waals surface area contributed by atoms with Gasteiger partial charge in [0.2, 0.25) is 0 Å². The third-order valence-electron chi connectivity index (χ3n) is 4.14. The molecule has 6 heteroatoms. The van der Waals surface area contributed by atoms with Crippen molar-refractivity contribution in [2.45, 2.75) is 31.7 Å². The van der Waals surface area contributed by atoms with E-state index >= 15 is 0 Å². The van der Waals surface area contributed by atoms with E-state index in [0.29, 0.717) is 11.1 Å². The van der Waals surface area contributed by atoms with E-state index in [9.17, 15) is 0 Å². The highest BCUT2D eigenvalue weighted by molar-refractivity contribution is 6.32. The van der Waals surface area contributed by atoms with Crippen molar-refractivity contribution in [1.29, 1.82) is 0 Å². The van der Waals surface area contributed by atoms with Crippen LogP contribution in [-0.2, 0) is 0 Å². The van der Waals surface area contributed by atoms with Gasteiger partial charge < -0.3 is 5.32 Å². The summed E-state index contributed by atoms with van der Waals surface area (Å²) in [7, 11) is 0. The minimum Gasteiger partial charge on any atom is -0.367 e. The second-order valence-electron chi connectivity index (χ2n) is 5.59. The molecular formula is C16H16ClN5. The first-order chi connectivity index (χ1) is 10.8. The van der Waals surface area contributed by atoms with Crippen molar-refractivity contribution in [1.82, 2.24) is 19.7 Å². The fourth-order valence-corrected chi connectivity index (χ4v) is 3.24. The molecule has 0 spiro atoms. The Morgan fingerprint density at radius 1 is 1.14 bits per heavy atom. The Balaban J connectivity index is 1.78. The van der Waals surface area contributed by atoms with E-state index in [1.54, 1.807) is 17.2 Å². The number of nitrogens with zero attached hydrogens (tertiary/aromatic N) is 4. The van der Waals surface area contributed by atoms with E-state index < -0.39 is 0 Å². The van der Waals surface area contributed by atoms with Gasteiger partial charge in [-0.2, -0.15) is 5.10 Å². The molecule has 0 unspecified atom stereocenters. The van der Waals surface area contributed by atoms with Crippen molar-refractivity contribution in [3.05, 3.63) is 41.8 Å². The number of aromatic nitrogens is 4. The normalized spacial score (nSPS) is 15.5. The zero-order valence-electron chi connectivity index (χ0n) is 12.0. The van der Waals surface area contributed by atoms with Crippen LogP contribution in [-0.4, -0.2) is 25.8 Å². The summed E-state index contributed by atoms with van der Waals surface area (Å²) in [6.07, 6.45) is 8.34. The van der Waals surface area contributed by atoms with Gasteiger partial charge in [-0.1, -0.05) is 36.6 Å². The number of halogens is 1. The molecule has 0 amide bonds. The van der Waals surface area contributed by atoms with Gasteiger partial charge in [0.25, 0.3) is 0 Å². The predicted octanol–water partition coefficient (Wildman–Crippen LogP) is 3.82. The van der Waals surface area contributed by atoms with Crippen molar-refractivity contribution in [3.63, 3.8) is 0 Å². The van der Waals surface area contributed by atoms with Gasteiger partial charge in [-0.25, -0.2) is 14.6 Å². The van der Waals surface area contributed by atoms with E-state index in [4.69, 9.17) is 11.6 Å². The summed E-state index contributed by atoms with van der Waals surface area (Å²) in [6, 6.07) is 8.12. The van der Waals surface area contributed by atoms with E-state index in [2.05, 4.69) is 20.4 Å². The first-order valence-corrected chi connectivity index (χ1v) is 7.91. The van der Waals surface area contributed by atoms with Gasteiger partial charge in [0.15, 0.2) is 5.65 Å². The van der Waals surface area contributed by atoms with Crippen LogP contribution in [0.15, 0.2) is 36.8 Å². The first-order valence-electron chi connectivity index (χ1n) is 7.53. The maximum Gasteiger partial charge on any atom is 0.168 e. The van der Waals surface area contributed by atoms with Gasteiger partial charge in [-0.15, -0.1) is 0 Å². The number of hydrogen-bond donors (Lipinski definition) is 1. The molecule has 22 heavy (non-hydrogen) atoms. The van der Waals surface area contributed by atoms with Crippen LogP contribution in [0, 0.1) is 0 Å². The van der Waals surface area contributed by atoms with Gasteiger partial charge >= 0.3 is 0 Å². The molecule has 1 fully saturated rings. The van der Waals surface area contributed by atoms with Crippen LogP contribution in [0.3, 0.4) is 0 Å². The molecule has 0 aliphatic heterocycles. The standard InChI is InChI=1S/C16H16ClN5/c17-13-7-3-4-8-14(13)22-16-12(9-20-22)15(18-10-19-16)21-11-5-1-2-6-11/h3-4,7-11H,1-2,5-6H2,(H,18,19,21). The van der Waals surface area contributed by atoms with E-state index in [1.165, 1.54) is 25.7 Å². The lowest BCUT2D eigenvalue weighted by Gasteiger charge is -2.13. The Bertz CT molecular complexity index is 807. The number of hydrogen-bond acceptors (Lipinski definition) is 4. The molecule has 0 bridgehead atoms. The topological polar surface area (TPSA) is 55.6 Å². The van der Waals surface area contributed by atoms with Crippen molar-refractivity contribution in [2.24, 2.45) is 0 Å². The number of para-hydroxylation sites is 1. The molecule has 0 radical (unpaired) electrons. The third kappa shape index (κ3) is 2.31. The molecule has 1 aliphatic rings. The minimum absolute atomic E-state index is 0.502. The zero-order chi connectivity index (χ0) is 14.9. The lowest BCUT2D eigenvalue weighted by molar-refractivity contribution is 0.751. The van der Waals surface area contributed by atoms with Crippen LogP contribution < -0.4 is 5.32 Å². The fourth-order valence-electron chi connectivity index (χ4n) is 3.02. The van der Waals surface area contributed by atoms with E-state index in [0.717, 1.165) is 22.5 Å². The lowest BCUT2D eigenvalue weighted by Crippen LogP contribution is -2.15. The first kappa shape index (κ1) is 13.5. The number of fused-ring (bicyclic) bond motifs is 1.